The number of rotatable bonds is 3. The zero-order chi connectivity index (χ0) is 13.8. The molecule has 6 nitrogen and oxygen atoms in total. The molecule has 19 heavy (non-hydrogen) atoms. The van der Waals surface area contributed by atoms with Crippen molar-refractivity contribution in [1.82, 2.24) is 5.32 Å². The molecule has 0 amide bonds. The van der Waals surface area contributed by atoms with E-state index in [1.807, 2.05) is 19.2 Å². The smallest absolute Gasteiger partial charge is 0.330 e. The summed E-state index contributed by atoms with van der Waals surface area (Å²) >= 11 is 0. The molecule has 0 bridgehead atoms. The lowest BCUT2D eigenvalue weighted by Crippen LogP contribution is -2.44. The Labute approximate surface area is 112 Å². The van der Waals surface area contributed by atoms with Crippen molar-refractivity contribution in [2.45, 2.75) is 24.5 Å². The molecule has 0 aromatic carbocycles. The van der Waals surface area contributed by atoms with Gasteiger partial charge in [-0.2, -0.15) is 13.0 Å². The molecule has 102 valence electrons. The Morgan fingerprint density at radius 3 is 2.74 bits per heavy atom. The summed E-state index contributed by atoms with van der Waals surface area (Å²) in [6.07, 6.45) is 5.38. The third-order valence-corrected chi connectivity index (χ3v) is 5.36. The summed E-state index contributed by atoms with van der Waals surface area (Å²) < 4.78 is 35.5. The molecule has 3 heterocycles. The zero-order valence-corrected chi connectivity index (χ0v) is 11.6. The molecule has 0 radical (unpaired) electrons. The van der Waals surface area contributed by atoms with Gasteiger partial charge in [-0.05, 0) is 13.0 Å². The Morgan fingerprint density at radius 1 is 1.47 bits per heavy atom. The van der Waals surface area contributed by atoms with Crippen molar-refractivity contribution < 1.29 is 22.0 Å². The van der Waals surface area contributed by atoms with Crippen molar-refractivity contribution in [2.75, 3.05) is 0 Å². The minimum Gasteiger partial charge on any atom is -0.333 e. The third kappa shape index (κ3) is 1.62. The Bertz CT molecular complexity index is 658. The van der Waals surface area contributed by atoms with E-state index in [1.54, 1.807) is 36.1 Å². The second kappa shape index (κ2) is 3.78. The van der Waals surface area contributed by atoms with E-state index in [9.17, 15) is 13.0 Å². The monoisotopic (exact) mass is 283 g/mol. The van der Waals surface area contributed by atoms with E-state index in [0.717, 1.165) is 0 Å². The van der Waals surface area contributed by atoms with Crippen LogP contribution >= 0.6 is 0 Å². The van der Waals surface area contributed by atoms with Crippen LogP contribution in [0.25, 0.3) is 0 Å². The first-order valence-electron chi connectivity index (χ1n) is 6.11. The molecule has 2 aliphatic rings. The molecule has 7 heteroatoms. The molecule has 2 aliphatic heterocycles. The van der Waals surface area contributed by atoms with E-state index < -0.39 is 15.5 Å². The zero-order valence-electron chi connectivity index (χ0n) is 10.8. The van der Waals surface area contributed by atoms with Gasteiger partial charge in [0.05, 0.1) is 6.20 Å². The molecule has 0 saturated carbocycles. The molecule has 4 unspecified atom stereocenters. The Kier molecular flexibility index (Phi) is 2.51. The predicted molar refractivity (Wildman–Crippen MR) is 67.7 cm³/mol. The van der Waals surface area contributed by atoms with E-state index in [2.05, 4.69) is 5.32 Å². The average molecular weight is 283 g/mol. The number of pyridine rings is 1. The number of nitrogens with one attached hydrogen (secondary N) is 1. The predicted octanol–water partition coefficient (Wildman–Crippen LogP) is 0.0169. The largest absolute Gasteiger partial charge is 0.333 e. The summed E-state index contributed by atoms with van der Waals surface area (Å²) in [5.41, 5.74) is 0.577. The second-order valence-electron chi connectivity index (χ2n) is 5.17. The van der Waals surface area contributed by atoms with E-state index in [4.69, 9.17) is 0 Å². The first kappa shape index (κ1) is 12.6. The van der Waals surface area contributed by atoms with Gasteiger partial charge < -0.3 is 5.32 Å². The van der Waals surface area contributed by atoms with Crippen molar-refractivity contribution in [3.05, 3.63) is 42.5 Å². The molecular weight excluding hydrogens is 266 g/mol. The summed E-state index contributed by atoms with van der Waals surface area (Å²) in [6, 6.07) is 5.46. The highest BCUT2D eigenvalue weighted by atomic mass is 32.2. The molecule has 4 atom stereocenters. The van der Waals surface area contributed by atoms with Gasteiger partial charge in [-0.15, -0.1) is 0 Å². The van der Waals surface area contributed by atoms with Crippen LogP contribution in [0, 0.1) is 0 Å². The number of quaternary nitrogens is 1. The van der Waals surface area contributed by atoms with E-state index >= 15 is 0 Å². The number of aryl methyl sites for hydroxylation is 1. The van der Waals surface area contributed by atoms with Gasteiger partial charge in [-0.3, -0.25) is 4.55 Å². The van der Waals surface area contributed by atoms with Crippen molar-refractivity contribution in [2.24, 2.45) is 7.05 Å². The topological polar surface area (TPSA) is 70.3 Å². The molecule has 1 aromatic rings. The van der Waals surface area contributed by atoms with E-state index in [0.29, 0.717) is 5.69 Å². The highest BCUT2D eigenvalue weighted by Crippen LogP contribution is 2.52. The summed E-state index contributed by atoms with van der Waals surface area (Å²) in [6.45, 7) is 1.97. The van der Waals surface area contributed by atoms with Gasteiger partial charge in [0, 0.05) is 12.1 Å². The lowest BCUT2D eigenvalue weighted by atomic mass is 10.3. The van der Waals surface area contributed by atoms with E-state index in [-0.39, 0.29) is 16.7 Å². The molecule has 3 rings (SSSR count). The molecule has 1 saturated heterocycles. The Morgan fingerprint density at radius 2 is 2.21 bits per heavy atom. The third-order valence-electron chi connectivity index (χ3n) is 4.19. The fourth-order valence-corrected chi connectivity index (χ4v) is 4.55. The first-order valence-corrected chi connectivity index (χ1v) is 7.62. The molecule has 0 aliphatic carbocycles. The van der Waals surface area contributed by atoms with Gasteiger partial charge in [-0.25, -0.2) is 4.48 Å². The number of hydrogen-bond acceptors (Lipinski definition) is 3. The summed E-state index contributed by atoms with van der Waals surface area (Å²) in [5.74, 6) is 0. The quantitative estimate of drug-likeness (QED) is 0.355. The maximum atomic E-state index is 11.9. The molecule has 2 N–H and O–H groups in total. The average Bonchev–Trinajstić information content (AvgIpc) is 2.72. The number of hydrogen-bond donors (Lipinski definition) is 2. The van der Waals surface area contributed by atoms with Crippen molar-refractivity contribution >= 4 is 10.1 Å². The summed E-state index contributed by atoms with van der Waals surface area (Å²) in [4.78, 5) is 0. The first-order chi connectivity index (χ1) is 8.89. The van der Waals surface area contributed by atoms with Gasteiger partial charge in [-0.1, -0.05) is 0 Å². The van der Waals surface area contributed by atoms with Crippen molar-refractivity contribution in [3.63, 3.8) is 0 Å². The second-order valence-corrected chi connectivity index (χ2v) is 6.64. The molecule has 1 aromatic heterocycles. The SMILES string of the molecule is CC1C2NC=C[N+]12C(c1cccc[n+]1C)S(=O)(=O)O. The van der Waals surface area contributed by atoms with Crippen LogP contribution in [0.2, 0.25) is 0 Å². The maximum absolute atomic E-state index is 11.9. The normalized spacial score (nSPS) is 33.6. The minimum absolute atomic E-state index is 0.0205. The van der Waals surface area contributed by atoms with Crippen LogP contribution in [-0.4, -0.2) is 29.7 Å². The number of fused-ring (bicyclic) bond motifs is 1. The van der Waals surface area contributed by atoms with Crippen LogP contribution in [0.4, 0.5) is 0 Å². The standard InChI is InChI=1S/C12H16N3O3S/c1-9-11-13-6-8-15(9,11)12(19(16,17)18)10-5-3-4-7-14(10)2/h3-9,11-13H,1-2H3/q+1/p+1. The summed E-state index contributed by atoms with van der Waals surface area (Å²) in [7, 11) is -2.43. The Balaban J connectivity index is 2.17. The minimum atomic E-state index is -4.21. The van der Waals surface area contributed by atoms with Crippen LogP contribution in [0.5, 0.6) is 0 Å². The van der Waals surface area contributed by atoms with Gasteiger partial charge >= 0.3 is 15.5 Å². The van der Waals surface area contributed by atoms with Gasteiger partial charge in [0.15, 0.2) is 12.2 Å². The number of nitrogens with zero attached hydrogens (tertiary/aromatic N) is 2. The Hall–Kier alpha value is -1.44. The highest BCUT2D eigenvalue weighted by Gasteiger charge is 2.74. The van der Waals surface area contributed by atoms with Crippen molar-refractivity contribution in [1.29, 1.82) is 0 Å². The van der Waals surface area contributed by atoms with Crippen LogP contribution in [0.1, 0.15) is 18.0 Å². The van der Waals surface area contributed by atoms with Crippen molar-refractivity contribution in [3.8, 4) is 0 Å². The lowest BCUT2D eigenvalue weighted by molar-refractivity contribution is -0.807. The van der Waals surface area contributed by atoms with E-state index in [1.165, 1.54) is 0 Å². The van der Waals surface area contributed by atoms with Crippen LogP contribution in [0.15, 0.2) is 36.8 Å². The van der Waals surface area contributed by atoms with Crippen LogP contribution in [0.3, 0.4) is 0 Å². The molecule has 0 spiro atoms. The van der Waals surface area contributed by atoms with Gasteiger partial charge in [0.1, 0.15) is 13.2 Å². The number of aromatic nitrogens is 1. The fraction of sp³-hybridized carbons (Fsp3) is 0.417. The van der Waals surface area contributed by atoms with Crippen LogP contribution in [-0.2, 0) is 17.2 Å². The fourth-order valence-electron chi connectivity index (χ4n) is 3.15. The summed E-state index contributed by atoms with van der Waals surface area (Å²) in [5, 5.41) is 2.14. The maximum Gasteiger partial charge on any atom is 0.330 e. The van der Waals surface area contributed by atoms with Gasteiger partial charge in [0.2, 0.25) is 6.17 Å². The van der Waals surface area contributed by atoms with Gasteiger partial charge in [0.25, 0.3) is 5.69 Å². The lowest BCUT2D eigenvalue weighted by Gasteiger charge is -2.20. The molecule has 1 fully saturated rings. The van der Waals surface area contributed by atoms with Crippen LogP contribution < -0.4 is 9.88 Å². The molecular formula is C12H17N3O3S+2. The highest BCUT2D eigenvalue weighted by molar-refractivity contribution is 7.85.